The van der Waals surface area contributed by atoms with Gasteiger partial charge in [-0.3, -0.25) is 0 Å². The van der Waals surface area contributed by atoms with Gasteiger partial charge in [0.05, 0.1) is 0 Å². The Kier molecular flexibility index (Phi) is 16.6. The number of carboxylic acid groups (broad SMARTS) is 1. The summed E-state index contributed by atoms with van der Waals surface area (Å²) < 4.78 is 0. The van der Waals surface area contributed by atoms with Crippen molar-refractivity contribution >= 4 is 64.5 Å². The van der Waals surface area contributed by atoms with Crippen molar-refractivity contribution in [3.63, 3.8) is 0 Å². The molecular formula is C4H9AlClNaO2. The summed E-state index contributed by atoms with van der Waals surface area (Å²) in [7, 11) is 0. The van der Waals surface area contributed by atoms with Gasteiger partial charge in [-0.05, 0) is 6.92 Å². The molecule has 0 spiro atoms. The zero-order chi connectivity index (χ0) is 5.86. The maximum atomic E-state index is 9.78. The third kappa shape index (κ3) is 9.03. The molecule has 0 saturated heterocycles. The number of hydrogen-bond acceptors (Lipinski definition) is 1. The predicted molar refractivity (Wildman–Crippen MR) is 44.3 cm³/mol. The van der Waals surface area contributed by atoms with E-state index in [-0.39, 0.29) is 52.5 Å². The van der Waals surface area contributed by atoms with Gasteiger partial charge in [0.15, 0.2) is 17.4 Å². The van der Waals surface area contributed by atoms with E-state index in [9.17, 15) is 4.79 Å². The molecular weight excluding hydrogens is 165 g/mol. The second kappa shape index (κ2) is 9.03. The quantitative estimate of drug-likeness (QED) is 0.425. The molecule has 1 N–H and O–H groups in total. The van der Waals surface area contributed by atoms with E-state index in [0.717, 1.165) is 5.54 Å². The van der Waals surface area contributed by atoms with Gasteiger partial charge in [0.2, 0.25) is 0 Å². The first-order valence-corrected chi connectivity index (χ1v) is 2.12. The molecule has 5 heteroatoms. The van der Waals surface area contributed by atoms with Crippen molar-refractivity contribution < 1.29 is 9.90 Å². The molecule has 0 amide bonds. The molecule has 0 unspecified atom stereocenters. The molecule has 0 saturated carbocycles. The minimum absolute atomic E-state index is 0. The van der Waals surface area contributed by atoms with Crippen LogP contribution < -0.4 is 0 Å². The molecule has 0 atom stereocenters. The summed E-state index contributed by atoms with van der Waals surface area (Å²) >= 11 is 5.00. The van der Waals surface area contributed by atoms with Crippen LogP contribution in [0, 0.1) is 0 Å². The van der Waals surface area contributed by atoms with Gasteiger partial charge in [-0.15, -0.1) is 0 Å². The van der Waals surface area contributed by atoms with Crippen molar-refractivity contribution in [1.29, 1.82) is 0 Å². The van der Waals surface area contributed by atoms with Gasteiger partial charge >= 0.3 is 35.5 Å². The summed E-state index contributed by atoms with van der Waals surface area (Å²) in [5.74, 6) is -0.977. The predicted octanol–water partition coefficient (Wildman–Crippen LogP) is -0.619. The van der Waals surface area contributed by atoms with E-state index >= 15 is 0 Å². The summed E-state index contributed by atoms with van der Waals surface area (Å²) in [6.07, 6.45) is 0. The average molecular weight is 175 g/mol. The standard InChI is InChI=1S/C4H5ClO2.Al.Na.4H/c1-3(2-5)4(6)7;;;;;;/h2H,1H3,(H,6,7);;;;;;. The van der Waals surface area contributed by atoms with E-state index in [1.54, 1.807) is 0 Å². The first kappa shape index (κ1) is 16.6. The van der Waals surface area contributed by atoms with Crippen LogP contribution in [0.2, 0.25) is 0 Å². The van der Waals surface area contributed by atoms with Crippen LogP contribution in [-0.2, 0) is 4.79 Å². The topological polar surface area (TPSA) is 37.3 Å². The first-order valence-electron chi connectivity index (χ1n) is 1.68. The molecule has 0 aliphatic rings. The Morgan fingerprint density at radius 2 is 2.00 bits per heavy atom. The molecule has 0 aromatic heterocycles. The zero-order valence-corrected chi connectivity index (χ0v) is 4.57. The number of rotatable bonds is 1. The van der Waals surface area contributed by atoms with Crippen LogP contribution >= 0.6 is 11.6 Å². The summed E-state index contributed by atoms with van der Waals surface area (Å²) in [5.41, 5.74) is 1.18. The van der Waals surface area contributed by atoms with E-state index in [2.05, 4.69) is 0 Å². The Balaban J connectivity index is -0.000000180. The second-order valence-corrected chi connectivity index (χ2v) is 1.32. The van der Waals surface area contributed by atoms with Gasteiger partial charge in [0.25, 0.3) is 0 Å². The van der Waals surface area contributed by atoms with Crippen molar-refractivity contribution in [3.05, 3.63) is 11.1 Å². The average Bonchev–Trinajstić information content (AvgIpc) is 1.65. The molecule has 9 heavy (non-hydrogen) atoms. The van der Waals surface area contributed by atoms with Crippen LogP contribution in [0.1, 0.15) is 6.92 Å². The molecule has 0 aromatic rings. The number of halogens is 1. The van der Waals surface area contributed by atoms with Crippen molar-refractivity contribution in [2.45, 2.75) is 6.92 Å². The number of carboxylic acids is 1. The molecule has 0 fully saturated rings. The first-order chi connectivity index (χ1) is 3.18. The summed E-state index contributed by atoms with van der Waals surface area (Å²) in [6.45, 7) is 1.43. The van der Waals surface area contributed by atoms with Gasteiger partial charge in [-0.1, -0.05) is 11.6 Å². The third-order valence-corrected chi connectivity index (χ3v) is 0.828. The Morgan fingerprint density at radius 1 is 1.67 bits per heavy atom. The molecule has 0 heterocycles. The Labute approximate surface area is 91.7 Å². The van der Waals surface area contributed by atoms with Crippen molar-refractivity contribution in [3.8, 4) is 0 Å². The number of hydrogen-bond donors (Lipinski definition) is 1. The number of carbonyl (C=O) groups is 1. The van der Waals surface area contributed by atoms with E-state index in [1.807, 2.05) is 0 Å². The molecule has 0 aliphatic heterocycles. The summed E-state index contributed by atoms with van der Waals surface area (Å²) in [6, 6.07) is 0. The van der Waals surface area contributed by atoms with Gasteiger partial charge in [-0.25, -0.2) is 4.79 Å². The summed E-state index contributed by atoms with van der Waals surface area (Å²) in [5, 5.41) is 8.03. The SMILES string of the molecule is CC(=CCl)C(=O)O.[AlH3].[NaH]. The minimum atomic E-state index is -0.977. The Hall–Kier alpha value is 1.03. The van der Waals surface area contributed by atoms with Gasteiger partial charge < -0.3 is 5.11 Å². The molecule has 0 aliphatic carbocycles. The monoisotopic (exact) mass is 174 g/mol. The van der Waals surface area contributed by atoms with E-state index in [4.69, 9.17) is 16.7 Å². The zero-order valence-electron chi connectivity index (χ0n) is 3.81. The molecule has 0 rings (SSSR count). The molecule has 48 valence electrons. The molecule has 0 bridgehead atoms. The fourth-order valence-corrected chi connectivity index (χ4v) is 0.140. The molecule has 2 nitrogen and oxygen atoms in total. The van der Waals surface area contributed by atoms with Crippen LogP contribution in [-0.4, -0.2) is 58.0 Å². The van der Waals surface area contributed by atoms with Crippen molar-refractivity contribution in [2.24, 2.45) is 0 Å². The molecule has 0 aromatic carbocycles. The van der Waals surface area contributed by atoms with Gasteiger partial charge in [-0.2, -0.15) is 0 Å². The van der Waals surface area contributed by atoms with Crippen molar-refractivity contribution in [1.82, 2.24) is 0 Å². The fourth-order valence-electron chi connectivity index (χ4n) is 0.0467. The van der Waals surface area contributed by atoms with E-state index in [1.165, 1.54) is 6.92 Å². The van der Waals surface area contributed by atoms with Crippen molar-refractivity contribution in [2.75, 3.05) is 0 Å². The van der Waals surface area contributed by atoms with Crippen LogP contribution in [0.15, 0.2) is 11.1 Å². The maximum absolute atomic E-state index is 9.78. The van der Waals surface area contributed by atoms with Crippen LogP contribution in [0.4, 0.5) is 0 Å². The van der Waals surface area contributed by atoms with E-state index in [0.29, 0.717) is 0 Å². The van der Waals surface area contributed by atoms with Crippen LogP contribution in [0.25, 0.3) is 0 Å². The normalized spacial score (nSPS) is 8.89. The van der Waals surface area contributed by atoms with Gasteiger partial charge in [0.1, 0.15) is 0 Å². The Morgan fingerprint density at radius 3 is 2.00 bits per heavy atom. The van der Waals surface area contributed by atoms with Gasteiger partial charge in [0, 0.05) is 11.1 Å². The fraction of sp³-hybridized carbons (Fsp3) is 0.250. The second-order valence-electron chi connectivity index (χ2n) is 1.10. The Bertz CT molecular complexity index is 115. The molecule has 0 radical (unpaired) electrons. The summed E-state index contributed by atoms with van der Waals surface area (Å²) in [4.78, 5) is 9.78. The number of aliphatic carboxylic acids is 1. The third-order valence-electron chi connectivity index (χ3n) is 0.501. The van der Waals surface area contributed by atoms with Crippen LogP contribution in [0.3, 0.4) is 0 Å². The van der Waals surface area contributed by atoms with E-state index < -0.39 is 5.97 Å². The van der Waals surface area contributed by atoms with Crippen LogP contribution in [0.5, 0.6) is 0 Å².